The summed E-state index contributed by atoms with van der Waals surface area (Å²) < 4.78 is 5.68. The first-order valence-corrected chi connectivity index (χ1v) is 7.49. The summed E-state index contributed by atoms with van der Waals surface area (Å²) in [5.41, 5.74) is -0.896. The Morgan fingerprint density at radius 3 is 2.57 bits per heavy atom. The molecular weight excluding hydrogens is 317 g/mol. The molecule has 0 amide bonds. The average molecular weight is 336 g/mol. The Balaban J connectivity index is 2.37. The zero-order valence-corrected chi connectivity index (χ0v) is 12.9. The van der Waals surface area contributed by atoms with Crippen LogP contribution in [0.15, 0.2) is 18.2 Å². The fraction of sp³-hybridized carbons (Fsp3) is 0.571. The van der Waals surface area contributed by atoms with Gasteiger partial charge in [-0.25, -0.2) is 0 Å². The van der Waals surface area contributed by atoms with Crippen LogP contribution in [-0.4, -0.2) is 59.9 Å². The van der Waals surface area contributed by atoms with E-state index in [1.807, 2.05) is 0 Å². The number of rotatable bonds is 4. The monoisotopic (exact) mass is 335 g/mol. The minimum absolute atomic E-state index is 0.272. The number of halogens is 2. The van der Waals surface area contributed by atoms with E-state index < -0.39 is 24.9 Å². The lowest BCUT2D eigenvalue weighted by Gasteiger charge is -2.37. The molecule has 0 radical (unpaired) electrons. The molecule has 21 heavy (non-hydrogen) atoms. The Hall–Kier alpha value is -0.400. The predicted molar refractivity (Wildman–Crippen MR) is 80.9 cm³/mol. The Morgan fingerprint density at radius 1 is 1.24 bits per heavy atom. The summed E-state index contributed by atoms with van der Waals surface area (Å²) in [6, 6.07) is 5.20. The highest BCUT2D eigenvalue weighted by atomic mass is 35.5. The van der Waals surface area contributed by atoms with Gasteiger partial charge in [0.25, 0.3) is 0 Å². The molecule has 118 valence electrons. The van der Waals surface area contributed by atoms with Gasteiger partial charge >= 0.3 is 0 Å². The van der Waals surface area contributed by atoms with Crippen LogP contribution in [0.5, 0.6) is 0 Å². The molecule has 0 spiro atoms. The summed E-state index contributed by atoms with van der Waals surface area (Å²) in [5, 5.41) is 33.4. The lowest BCUT2D eigenvalue weighted by Crippen LogP contribution is -2.53. The third-order valence-corrected chi connectivity index (χ3v) is 4.49. The van der Waals surface area contributed by atoms with E-state index >= 15 is 0 Å². The molecule has 2 unspecified atom stereocenters. The average Bonchev–Trinajstić information content (AvgIpc) is 2.75. The molecule has 2 rings (SSSR count). The molecule has 7 heteroatoms. The zero-order chi connectivity index (χ0) is 15.5. The minimum Gasteiger partial charge on any atom is -0.393 e. The molecule has 1 fully saturated rings. The van der Waals surface area contributed by atoms with Crippen molar-refractivity contribution in [2.45, 2.75) is 17.6 Å². The van der Waals surface area contributed by atoms with Crippen LogP contribution >= 0.6 is 23.2 Å². The molecular formula is C14H19Cl2NO4. The Morgan fingerprint density at radius 2 is 1.95 bits per heavy atom. The van der Waals surface area contributed by atoms with Crippen molar-refractivity contribution in [3.63, 3.8) is 0 Å². The maximum Gasteiger partial charge on any atom is 0.137 e. The normalized spacial score (nSPS) is 23.9. The number of hydrogen-bond acceptors (Lipinski definition) is 5. The summed E-state index contributed by atoms with van der Waals surface area (Å²) in [6.45, 7) is 0.356. The number of aliphatic hydroxyl groups is 3. The third-order valence-electron chi connectivity index (χ3n) is 3.75. The second kappa shape index (κ2) is 7.24. The van der Waals surface area contributed by atoms with Crippen LogP contribution in [0.2, 0.25) is 10.0 Å². The Kier molecular flexibility index (Phi) is 5.85. The first-order valence-electron chi connectivity index (χ1n) is 6.73. The van der Waals surface area contributed by atoms with Crippen molar-refractivity contribution in [3.8, 4) is 0 Å². The van der Waals surface area contributed by atoms with E-state index in [9.17, 15) is 15.3 Å². The van der Waals surface area contributed by atoms with Crippen LogP contribution < -0.4 is 5.32 Å². The number of aliphatic hydroxyl groups excluding tert-OH is 2. The van der Waals surface area contributed by atoms with Gasteiger partial charge in [-0.15, -0.1) is 0 Å². The Labute approximate surface area is 133 Å². The highest BCUT2D eigenvalue weighted by molar-refractivity contribution is 6.42. The largest absolute Gasteiger partial charge is 0.393 e. The van der Waals surface area contributed by atoms with Crippen molar-refractivity contribution in [2.24, 2.45) is 0 Å². The summed E-state index contributed by atoms with van der Waals surface area (Å²) in [7, 11) is 0. The lowest BCUT2D eigenvalue weighted by atomic mass is 9.83. The van der Waals surface area contributed by atoms with Gasteiger partial charge in [-0.1, -0.05) is 29.3 Å². The second-order valence-corrected chi connectivity index (χ2v) is 6.01. The molecule has 0 aromatic heterocycles. The number of nitrogens with one attached hydrogen (secondary N) is 1. The highest BCUT2D eigenvalue weighted by Gasteiger charge is 2.43. The number of benzene rings is 1. The lowest BCUT2D eigenvalue weighted by molar-refractivity contribution is -0.156. The first-order chi connectivity index (χ1) is 10.0. The fourth-order valence-electron chi connectivity index (χ4n) is 2.53. The highest BCUT2D eigenvalue weighted by Crippen LogP contribution is 2.33. The molecule has 2 atom stereocenters. The van der Waals surface area contributed by atoms with Gasteiger partial charge in [0.15, 0.2) is 0 Å². The van der Waals surface area contributed by atoms with Crippen molar-refractivity contribution in [2.75, 3.05) is 32.9 Å². The van der Waals surface area contributed by atoms with Crippen molar-refractivity contribution in [1.29, 1.82) is 0 Å². The second-order valence-electron chi connectivity index (χ2n) is 5.20. The zero-order valence-electron chi connectivity index (χ0n) is 11.4. The van der Waals surface area contributed by atoms with Gasteiger partial charge in [0.1, 0.15) is 5.60 Å². The smallest absolute Gasteiger partial charge is 0.137 e. The molecule has 1 heterocycles. The van der Waals surface area contributed by atoms with E-state index in [1.165, 1.54) is 0 Å². The SMILES string of the molecule is OCC(O)(CO)C1OCCNCC1c1ccc(Cl)c(Cl)c1. The van der Waals surface area contributed by atoms with E-state index in [0.29, 0.717) is 29.7 Å². The van der Waals surface area contributed by atoms with E-state index in [1.54, 1.807) is 18.2 Å². The first kappa shape index (κ1) is 17.0. The number of hydrogen-bond donors (Lipinski definition) is 4. The molecule has 1 aromatic rings. The van der Waals surface area contributed by atoms with Gasteiger partial charge in [-0.2, -0.15) is 0 Å². The standard InChI is InChI=1S/C14H19Cl2NO4/c15-11-2-1-9(5-12(11)16)10-6-17-3-4-21-13(10)14(20,7-18)8-19/h1-2,5,10,13,17-20H,3-4,6-8H2. The molecule has 0 bridgehead atoms. The molecule has 1 aliphatic rings. The van der Waals surface area contributed by atoms with Crippen LogP contribution in [0, 0.1) is 0 Å². The van der Waals surface area contributed by atoms with Gasteiger partial charge in [-0.3, -0.25) is 0 Å². The molecule has 4 N–H and O–H groups in total. The topological polar surface area (TPSA) is 82.0 Å². The van der Waals surface area contributed by atoms with Gasteiger partial charge in [-0.05, 0) is 17.7 Å². The van der Waals surface area contributed by atoms with E-state index in [0.717, 1.165) is 5.56 Å². The quantitative estimate of drug-likeness (QED) is 0.653. The summed E-state index contributed by atoms with van der Waals surface area (Å²) in [6.07, 6.45) is -0.750. The van der Waals surface area contributed by atoms with Crippen LogP contribution in [0.25, 0.3) is 0 Å². The maximum atomic E-state index is 10.4. The summed E-state index contributed by atoms with van der Waals surface area (Å²) in [5.74, 6) is -0.272. The molecule has 0 saturated carbocycles. The van der Waals surface area contributed by atoms with Gasteiger partial charge < -0.3 is 25.4 Å². The molecule has 1 saturated heterocycles. The maximum absolute atomic E-state index is 10.4. The Bertz CT molecular complexity index is 482. The van der Waals surface area contributed by atoms with Gasteiger partial charge in [0.2, 0.25) is 0 Å². The predicted octanol–water partition coefficient (Wildman–Crippen LogP) is 0.781. The fourth-order valence-corrected chi connectivity index (χ4v) is 2.84. The number of ether oxygens (including phenoxy) is 1. The molecule has 1 aromatic carbocycles. The van der Waals surface area contributed by atoms with Crippen molar-refractivity contribution >= 4 is 23.2 Å². The van der Waals surface area contributed by atoms with E-state index in [-0.39, 0.29) is 5.92 Å². The van der Waals surface area contributed by atoms with Crippen molar-refractivity contribution < 1.29 is 20.1 Å². The van der Waals surface area contributed by atoms with Crippen molar-refractivity contribution in [1.82, 2.24) is 5.32 Å². The molecule has 1 aliphatic heterocycles. The van der Waals surface area contributed by atoms with Crippen molar-refractivity contribution in [3.05, 3.63) is 33.8 Å². The summed E-state index contributed by atoms with van der Waals surface area (Å²) in [4.78, 5) is 0. The van der Waals surface area contributed by atoms with Gasteiger partial charge in [0, 0.05) is 19.0 Å². The molecule has 5 nitrogen and oxygen atoms in total. The van der Waals surface area contributed by atoms with Crippen LogP contribution in [-0.2, 0) is 4.74 Å². The van der Waals surface area contributed by atoms with E-state index in [2.05, 4.69) is 5.32 Å². The van der Waals surface area contributed by atoms with E-state index in [4.69, 9.17) is 27.9 Å². The van der Waals surface area contributed by atoms with Crippen LogP contribution in [0.1, 0.15) is 11.5 Å². The summed E-state index contributed by atoms with van der Waals surface area (Å²) >= 11 is 12.0. The van der Waals surface area contributed by atoms with Gasteiger partial charge in [0.05, 0.1) is 36.0 Å². The van der Waals surface area contributed by atoms with Crippen LogP contribution in [0.3, 0.4) is 0 Å². The third kappa shape index (κ3) is 3.68. The molecule has 0 aliphatic carbocycles. The van der Waals surface area contributed by atoms with Crippen LogP contribution in [0.4, 0.5) is 0 Å². The minimum atomic E-state index is -1.72.